The highest BCUT2D eigenvalue weighted by molar-refractivity contribution is 5.93. The summed E-state index contributed by atoms with van der Waals surface area (Å²) >= 11 is 0. The molecule has 0 aliphatic carbocycles. The zero-order valence-corrected chi connectivity index (χ0v) is 21.7. The van der Waals surface area contributed by atoms with Crippen LogP contribution in [-0.4, -0.2) is 51.9 Å². The number of carboxylic acid groups (broad SMARTS) is 1. The number of carbonyl (C=O) groups is 5. The fourth-order valence-electron chi connectivity index (χ4n) is 4.04. The highest BCUT2D eigenvalue weighted by Crippen LogP contribution is 2.28. The molecular weight excluding hydrogens is 518 g/mol. The number of hydrogen-bond donors (Lipinski definition) is 3. The Balaban J connectivity index is 1.64. The molecule has 3 rings (SSSR count). The summed E-state index contributed by atoms with van der Waals surface area (Å²) in [5, 5.41) is 13.9. The molecule has 0 fully saturated rings. The van der Waals surface area contributed by atoms with Gasteiger partial charge in [0, 0.05) is 19.0 Å². The Bertz CT molecular complexity index is 1380. The Morgan fingerprint density at radius 2 is 1.48 bits per heavy atom. The van der Waals surface area contributed by atoms with Crippen molar-refractivity contribution in [3.63, 3.8) is 0 Å². The van der Waals surface area contributed by atoms with Gasteiger partial charge in [0.1, 0.15) is 18.3 Å². The van der Waals surface area contributed by atoms with Crippen molar-refractivity contribution in [1.29, 1.82) is 0 Å². The van der Waals surface area contributed by atoms with Crippen molar-refractivity contribution >= 4 is 35.2 Å². The highest BCUT2D eigenvalue weighted by atomic mass is 16.5. The van der Waals surface area contributed by atoms with Crippen LogP contribution in [0.3, 0.4) is 0 Å². The Hall–Kier alpha value is -5.06. The third-order valence-corrected chi connectivity index (χ3v) is 5.90. The number of rotatable bonds is 13. The van der Waals surface area contributed by atoms with Crippen LogP contribution in [-0.2, 0) is 35.3 Å². The van der Waals surface area contributed by atoms with Crippen LogP contribution in [0.15, 0.2) is 83.8 Å². The molecule has 0 aliphatic heterocycles. The van der Waals surface area contributed by atoms with Crippen LogP contribution in [0, 0.1) is 0 Å². The molecule has 0 bridgehead atoms. The molecule has 1 atom stereocenters. The number of amides is 2. The lowest BCUT2D eigenvalue weighted by Gasteiger charge is -2.19. The zero-order valence-electron chi connectivity index (χ0n) is 21.7. The van der Waals surface area contributed by atoms with E-state index in [-0.39, 0.29) is 18.0 Å². The summed E-state index contributed by atoms with van der Waals surface area (Å²) in [6, 6.07) is 20.0. The van der Waals surface area contributed by atoms with Crippen molar-refractivity contribution in [3.8, 4) is 0 Å². The smallest absolute Gasteiger partial charge is 0.307 e. The topological polar surface area (TPSA) is 161 Å². The summed E-state index contributed by atoms with van der Waals surface area (Å²) in [4.78, 5) is 73.1. The van der Waals surface area contributed by atoms with E-state index >= 15 is 0 Å². The number of carboxylic acids is 1. The van der Waals surface area contributed by atoms with E-state index in [1.807, 2.05) is 60.7 Å². The largest absolute Gasteiger partial charge is 0.481 e. The third kappa shape index (κ3) is 8.76. The minimum Gasteiger partial charge on any atom is -0.481 e. The van der Waals surface area contributed by atoms with Gasteiger partial charge in [0.25, 0.3) is 5.56 Å². The lowest BCUT2D eigenvalue weighted by molar-refractivity contribution is -0.149. The van der Waals surface area contributed by atoms with E-state index in [9.17, 15) is 33.9 Å². The summed E-state index contributed by atoms with van der Waals surface area (Å²) in [6.45, 7) is -0.0570. The fraction of sp³-hybridized carbons (Fsp3) is 0.241. The van der Waals surface area contributed by atoms with E-state index in [4.69, 9.17) is 4.74 Å². The number of hydrogen-bond acceptors (Lipinski definition) is 7. The second-order valence-electron chi connectivity index (χ2n) is 8.96. The van der Waals surface area contributed by atoms with Crippen LogP contribution in [0.1, 0.15) is 36.8 Å². The average molecular weight is 548 g/mol. The normalized spacial score (nSPS) is 11.3. The number of nitrogens with one attached hydrogen (secondary N) is 2. The molecule has 1 heterocycles. The Labute approximate surface area is 229 Å². The van der Waals surface area contributed by atoms with Gasteiger partial charge in [-0.1, -0.05) is 60.7 Å². The van der Waals surface area contributed by atoms with Crippen molar-refractivity contribution in [2.45, 2.75) is 38.3 Å². The minimum absolute atomic E-state index is 0.0443. The predicted molar refractivity (Wildman–Crippen MR) is 144 cm³/mol. The molecule has 40 heavy (non-hydrogen) atoms. The summed E-state index contributed by atoms with van der Waals surface area (Å²) in [5.74, 6) is -4.47. The molecule has 11 nitrogen and oxygen atoms in total. The SMILES string of the molecule is CC(=O)Nc1cccn(CC(=O)NC(CC(=O)O)C(=O)COC(=O)CC(c2ccccc2)c2ccccc2)c1=O. The second-order valence-corrected chi connectivity index (χ2v) is 8.96. The van der Waals surface area contributed by atoms with Crippen molar-refractivity contribution in [2.75, 3.05) is 11.9 Å². The van der Waals surface area contributed by atoms with Crippen molar-refractivity contribution in [2.24, 2.45) is 0 Å². The molecular formula is C29H29N3O8. The van der Waals surface area contributed by atoms with Gasteiger partial charge in [0.15, 0.2) is 12.4 Å². The molecule has 2 amide bonds. The molecule has 3 N–H and O–H groups in total. The molecule has 0 spiro atoms. The molecule has 1 unspecified atom stereocenters. The molecule has 11 heteroatoms. The molecule has 1 aromatic heterocycles. The van der Waals surface area contributed by atoms with Gasteiger partial charge in [-0.05, 0) is 23.3 Å². The molecule has 0 radical (unpaired) electrons. The van der Waals surface area contributed by atoms with E-state index in [0.717, 1.165) is 15.7 Å². The number of ketones is 1. The van der Waals surface area contributed by atoms with Crippen molar-refractivity contribution in [1.82, 2.24) is 9.88 Å². The quantitative estimate of drug-likeness (QED) is 0.274. The maximum atomic E-state index is 12.8. The first kappa shape index (κ1) is 29.5. The maximum Gasteiger partial charge on any atom is 0.307 e. The molecule has 0 aliphatic rings. The van der Waals surface area contributed by atoms with Gasteiger partial charge in [0.05, 0.1) is 12.8 Å². The van der Waals surface area contributed by atoms with Crippen LogP contribution in [0.25, 0.3) is 0 Å². The fourth-order valence-corrected chi connectivity index (χ4v) is 4.04. The number of Topliss-reactive ketones (excluding diaryl/α,β-unsaturated/α-hetero) is 1. The van der Waals surface area contributed by atoms with Gasteiger partial charge in [-0.25, -0.2) is 0 Å². The zero-order chi connectivity index (χ0) is 29.1. The van der Waals surface area contributed by atoms with E-state index in [0.29, 0.717) is 0 Å². The summed E-state index contributed by atoms with van der Waals surface area (Å²) < 4.78 is 6.18. The Morgan fingerprint density at radius 1 is 0.875 bits per heavy atom. The number of carbonyl (C=O) groups excluding carboxylic acids is 4. The van der Waals surface area contributed by atoms with Crippen LogP contribution < -0.4 is 16.2 Å². The number of pyridine rings is 1. The lowest BCUT2D eigenvalue weighted by atomic mass is 9.89. The van der Waals surface area contributed by atoms with Crippen molar-refractivity contribution < 1.29 is 33.8 Å². The van der Waals surface area contributed by atoms with Gasteiger partial charge in [-0.15, -0.1) is 0 Å². The number of ether oxygens (including phenoxy) is 1. The van der Waals surface area contributed by atoms with Crippen LogP contribution in [0.2, 0.25) is 0 Å². The van der Waals surface area contributed by atoms with Gasteiger partial charge in [0.2, 0.25) is 11.8 Å². The second kappa shape index (κ2) is 14.2. The number of benzene rings is 2. The monoisotopic (exact) mass is 547 g/mol. The lowest BCUT2D eigenvalue weighted by Crippen LogP contribution is -2.46. The first-order chi connectivity index (χ1) is 19.1. The number of esters is 1. The van der Waals surface area contributed by atoms with E-state index in [1.54, 1.807) is 0 Å². The maximum absolute atomic E-state index is 12.8. The van der Waals surface area contributed by atoms with Crippen LogP contribution in [0.5, 0.6) is 0 Å². The van der Waals surface area contributed by atoms with E-state index in [1.165, 1.54) is 25.3 Å². The third-order valence-electron chi connectivity index (χ3n) is 5.90. The van der Waals surface area contributed by atoms with E-state index in [2.05, 4.69) is 10.6 Å². The average Bonchev–Trinajstić information content (AvgIpc) is 2.92. The molecule has 0 saturated heterocycles. The standard InChI is InChI=1S/C29H29N3O8/c1-19(33)30-23-13-8-14-32(29(23)39)17-26(35)31-24(16-27(36)37)25(34)18-40-28(38)15-22(20-9-4-2-5-10-20)21-11-6-3-7-12-21/h2-14,22,24H,15-18H2,1H3,(H,30,33)(H,31,35)(H,36,37). The molecule has 208 valence electrons. The van der Waals surface area contributed by atoms with Crippen LogP contribution >= 0.6 is 0 Å². The Kier molecular flexibility index (Phi) is 10.5. The van der Waals surface area contributed by atoms with Gasteiger partial charge in [-0.3, -0.25) is 28.8 Å². The summed E-state index contributed by atoms with van der Waals surface area (Å²) in [7, 11) is 0. The van der Waals surface area contributed by atoms with Crippen molar-refractivity contribution in [3.05, 3.63) is 100 Å². The number of anilines is 1. The van der Waals surface area contributed by atoms with Crippen LogP contribution in [0.4, 0.5) is 5.69 Å². The molecule has 2 aromatic carbocycles. The number of aromatic nitrogens is 1. The minimum atomic E-state index is -1.49. The van der Waals surface area contributed by atoms with E-state index < -0.39 is 60.7 Å². The summed E-state index contributed by atoms with van der Waals surface area (Å²) in [5.41, 5.74) is 1.06. The van der Waals surface area contributed by atoms with Gasteiger partial charge < -0.3 is 25.0 Å². The predicted octanol–water partition coefficient (Wildman–Crippen LogP) is 2.10. The summed E-state index contributed by atoms with van der Waals surface area (Å²) in [6.07, 6.45) is 0.489. The Morgan fingerprint density at radius 3 is 2.02 bits per heavy atom. The number of nitrogens with zero attached hydrogens (tertiary/aromatic N) is 1. The molecule has 3 aromatic rings. The first-order valence-electron chi connectivity index (χ1n) is 12.4. The number of aliphatic carboxylic acids is 1. The van der Waals surface area contributed by atoms with Gasteiger partial charge >= 0.3 is 11.9 Å². The molecule has 0 saturated carbocycles. The van der Waals surface area contributed by atoms with Gasteiger partial charge in [-0.2, -0.15) is 0 Å². The highest BCUT2D eigenvalue weighted by Gasteiger charge is 2.26. The first-order valence-corrected chi connectivity index (χ1v) is 12.4.